The van der Waals surface area contributed by atoms with E-state index in [-0.39, 0.29) is 5.60 Å². The van der Waals surface area contributed by atoms with Crippen molar-refractivity contribution < 1.29 is 4.74 Å². The second-order valence-corrected chi connectivity index (χ2v) is 5.12. The SMILES string of the molecule is CC(C)(C)OC(=S)c1c[nH]c2ccccc12. The molecule has 0 saturated heterocycles. The topological polar surface area (TPSA) is 25.0 Å². The number of nitrogens with one attached hydrogen (secondary N) is 1. The number of para-hydroxylation sites is 1. The monoisotopic (exact) mass is 233 g/mol. The molecule has 0 atom stereocenters. The maximum Gasteiger partial charge on any atom is 0.193 e. The molecule has 0 bridgehead atoms. The zero-order chi connectivity index (χ0) is 11.8. The summed E-state index contributed by atoms with van der Waals surface area (Å²) in [6, 6.07) is 8.06. The Morgan fingerprint density at radius 2 is 1.94 bits per heavy atom. The molecule has 1 aromatic carbocycles. The molecule has 1 heterocycles. The first kappa shape index (κ1) is 11.1. The number of H-pyrrole nitrogens is 1. The van der Waals surface area contributed by atoms with Crippen LogP contribution in [0.25, 0.3) is 10.9 Å². The molecule has 2 aromatic rings. The van der Waals surface area contributed by atoms with E-state index < -0.39 is 0 Å². The largest absolute Gasteiger partial charge is 0.477 e. The summed E-state index contributed by atoms with van der Waals surface area (Å²) < 4.78 is 5.70. The lowest BCUT2D eigenvalue weighted by atomic mass is 10.1. The van der Waals surface area contributed by atoms with Crippen LogP contribution in [0.5, 0.6) is 0 Å². The van der Waals surface area contributed by atoms with E-state index in [0.717, 1.165) is 16.5 Å². The summed E-state index contributed by atoms with van der Waals surface area (Å²) in [5.41, 5.74) is 1.79. The maximum atomic E-state index is 5.70. The van der Waals surface area contributed by atoms with Crippen molar-refractivity contribution in [3.05, 3.63) is 36.0 Å². The van der Waals surface area contributed by atoms with Gasteiger partial charge >= 0.3 is 0 Å². The molecule has 0 unspecified atom stereocenters. The Bertz CT molecular complexity index is 522. The van der Waals surface area contributed by atoms with E-state index >= 15 is 0 Å². The molecule has 1 aromatic heterocycles. The van der Waals surface area contributed by atoms with Crippen molar-refractivity contribution in [1.82, 2.24) is 4.98 Å². The Hall–Kier alpha value is -1.35. The normalized spacial score (nSPS) is 11.7. The number of fused-ring (bicyclic) bond motifs is 1. The number of thiocarbonyl (C=S) groups is 1. The minimum Gasteiger partial charge on any atom is -0.477 e. The van der Waals surface area contributed by atoms with Gasteiger partial charge in [-0.3, -0.25) is 0 Å². The van der Waals surface area contributed by atoms with Gasteiger partial charge in [-0.1, -0.05) is 18.2 Å². The molecule has 0 fully saturated rings. The first-order valence-corrected chi connectivity index (χ1v) is 5.68. The van der Waals surface area contributed by atoms with Crippen molar-refractivity contribution in [2.24, 2.45) is 0 Å². The predicted octanol–water partition coefficient (Wildman–Crippen LogP) is 3.66. The highest BCUT2D eigenvalue weighted by atomic mass is 32.1. The molecule has 3 heteroatoms. The van der Waals surface area contributed by atoms with E-state index in [1.165, 1.54) is 0 Å². The van der Waals surface area contributed by atoms with Gasteiger partial charge in [-0.15, -0.1) is 0 Å². The van der Waals surface area contributed by atoms with Gasteiger partial charge in [0.2, 0.25) is 0 Å². The molecule has 84 valence electrons. The van der Waals surface area contributed by atoms with Crippen LogP contribution in [-0.4, -0.2) is 15.6 Å². The Kier molecular flexibility index (Phi) is 2.72. The summed E-state index contributed by atoms with van der Waals surface area (Å²) in [7, 11) is 0. The van der Waals surface area contributed by atoms with Crippen molar-refractivity contribution in [3.8, 4) is 0 Å². The van der Waals surface area contributed by atoms with Gasteiger partial charge in [-0.2, -0.15) is 0 Å². The molecule has 0 aliphatic carbocycles. The van der Waals surface area contributed by atoms with E-state index in [2.05, 4.69) is 4.98 Å². The fraction of sp³-hybridized carbons (Fsp3) is 0.308. The van der Waals surface area contributed by atoms with Crippen molar-refractivity contribution in [2.75, 3.05) is 0 Å². The molecule has 0 aliphatic heterocycles. The van der Waals surface area contributed by atoms with Gasteiger partial charge in [0.25, 0.3) is 0 Å². The summed E-state index contributed by atoms with van der Waals surface area (Å²) in [6.45, 7) is 5.98. The molecule has 2 nitrogen and oxygen atoms in total. The average molecular weight is 233 g/mol. The zero-order valence-electron chi connectivity index (χ0n) is 9.70. The Morgan fingerprint density at radius 3 is 2.62 bits per heavy atom. The molecular weight excluding hydrogens is 218 g/mol. The van der Waals surface area contributed by atoms with Crippen LogP contribution in [-0.2, 0) is 4.74 Å². The second kappa shape index (κ2) is 3.91. The number of benzene rings is 1. The fourth-order valence-electron chi connectivity index (χ4n) is 1.57. The number of hydrogen-bond donors (Lipinski definition) is 1. The van der Waals surface area contributed by atoms with Gasteiger partial charge in [0.1, 0.15) is 5.60 Å². The molecule has 1 N–H and O–H groups in total. The number of ether oxygens (including phenoxy) is 1. The summed E-state index contributed by atoms with van der Waals surface area (Å²) in [6.07, 6.45) is 1.90. The fourth-order valence-corrected chi connectivity index (χ4v) is 1.99. The van der Waals surface area contributed by atoms with Crippen LogP contribution in [0.15, 0.2) is 30.5 Å². The molecular formula is C13H15NOS. The molecule has 0 radical (unpaired) electrons. The van der Waals surface area contributed by atoms with Gasteiger partial charge in [-0.25, -0.2) is 0 Å². The van der Waals surface area contributed by atoms with Crippen LogP contribution in [0.1, 0.15) is 26.3 Å². The molecule has 0 amide bonds. The highest BCUT2D eigenvalue weighted by Gasteiger charge is 2.17. The van der Waals surface area contributed by atoms with E-state index in [4.69, 9.17) is 17.0 Å². The minimum atomic E-state index is -0.255. The number of aromatic nitrogens is 1. The zero-order valence-corrected chi connectivity index (χ0v) is 10.5. The van der Waals surface area contributed by atoms with Crippen LogP contribution in [0.4, 0.5) is 0 Å². The van der Waals surface area contributed by atoms with Crippen LogP contribution in [0.3, 0.4) is 0 Å². The highest BCUT2D eigenvalue weighted by molar-refractivity contribution is 7.80. The quantitative estimate of drug-likeness (QED) is 0.760. The lowest BCUT2D eigenvalue weighted by Crippen LogP contribution is -2.23. The molecule has 0 spiro atoms. The predicted molar refractivity (Wildman–Crippen MR) is 70.8 cm³/mol. The highest BCUT2D eigenvalue weighted by Crippen LogP contribution is 2.21. The van der Waals surface area contributed by atoms with Gasteiger partial charge in [0.05, 0.1) is 5.56 Å². The lowest BCUT2D eigenvalue weighted by Gasteiger charge is -2.21. The van der Waals surface area contributed by atoms with Crippen molar-refractivity contribution >= 4 is 28.2 Å². The van der Waals surface area contributed by atoms with E-state index in [1.54, 1.807) is 0 Å². The number of hydrogen-bond acceptors (Lipinski definition) is 2. The van der Waals surface area contributed by atoms with E-state index in [0.29, 0.717) is 5.05 Å². The average Bonchev–Trinajstić information content (AvgIpc) is 2.58. The second-order valence-electron chi connectivity index (χ2n) is 4.75. The Labute approximate surface area is 101 Å². The van der Waals surface area contributed by atoms with Crippen LogP contribution in [0, 0.1) is 0 Å². The molecule has 16 heavy (non-hydrogen) atoms. The third-order valence-corrected chi connectivity index (χ3v) is 2.51. The Balaban J connectivity index is 2.37. The third-order valence-electron chi connectivity index (χ3n) is 2.21. The van der Waals surface area contributed by atoms with Gasteiger partial charge in [0.15, 0.2) is 5.05 Å². The van der Waals surface area contributed by atoms with Crippen LogP contribution in [0.2, 0.25) is 0 Å². The summed E-state index contributed by atoms with van der Waals surface area (Å²) >= 11 is 5.31. The van der Waals surface area contributed by atoms with Crippen LogP contribution < -0.4 is 0 Å². The van der Waals surface area contributed by atoms with Gasteiger partial charge in [0, 0.05) is 17.1 Å². The maximum absolute atomic E-state index is 5.70. The number of rotatable bonds is 1. The van der Waals surface area contributed by atoms with E-state index in [1.807, 2.05) is 51.2 Å². The number of aromatic amines is 1. The Morgan fingerprint density at radius 1 is 1.25 bits per heavy atom. The minimum absolute atomic E-state index is 0.255. The van der Waals surface area contributed by atoms with Crippen molar-refractivity contribution in [2.45, 2.75) is 26.4 Å². The first-order valence-electron chi connectivity index (χ1n) is 5.27. The first-order chi connectivity index (χ1) is 7.47. The van der Waals surface area contributed by atoms with Gasteiger partial charge < -0.3 is 9.72 Å². The summed E-state index contributed by atoms with van der Waals surface area (Å²) in [4.78, 5) is 3.19. The standard InChI is InChI=1S/C13H15NOS/c1-13(2,3)15-12(16)10-8-14-11-7-5-4-6-9(10)11/h4-8,14H,1-3H3. The van der Waals surface area contributed by atoms with Gasteiger partial charge in [-0.05, 0) is 39.1 Å². The van der Waals surface area contributed by atoms with E-state index in [9.17, 15) is 0 Å². The van der Waals surface area contributed by atoms with Crippen molar-refractivity contribution in [3.63, 3.8) is 0 Å². The van der Waals surface area contributed by atoms with Crippen molar-refractivity contribution in [1.29, 1.82) is 0 Å². The summed E-state index contributed by atoms with van der Waals surface area (Å²) in [5.74, 6) is 0. The molecule has 0 aliphatic rings. The third kappa shape index (κ3) is 2.25. The molecule has 2 rings (SSSR count). The lowest BCUT2D eigenvalue weighted by molar-refractivity contribution is 0.123. The summed E-state index contributed by atoms with van der Waals surface area (Å²) in [5, 5.41) is 1.65. The van der Waals surface area contributed by atoms with Crippen LogP contribution >= 0.6 is 12.2 Å². The smallest absolute Gasteiger partial charge is 0.193 e. The molecule has 0 saturated carbocycles.